The average Bonchev–Trinajstić information content (AvgIpc) is 2.85. The van der Waals surface area contributed by atoms with Crippen molar-refractivity contribution in [2.45, 2.75) is 30.6 Å². The first kappa shape index (κ1) is 27.4. The Morgan fingerprint density at radius 2 is 1.64 bits per heavy atom. The van der Waals surface area contributed by atoms with Crippen molar-refractivity contribution >= 4 is 33.4 Å². The summed E-state index contributed by atoms with van der Waals surface area (Å²) in [5.74, 6) is 0.662. The Kier molecular flexibility index (Phi) is 9.66. The van der Waals surface area contributed by atoms with Gasteiger partial charge in [-0.15, -0.1) is 11.8 Å². The van der Waals surface area contributed by atoms with Gasteiger partial charge in [-0.25, -0.2) is 8.42 Å². The Morgan fingerprint density at radius 1 is 0.972 bits per heavy atom. The first-order valence-corrected chi connectivity index (χ1v) is 14.3. The van der Waals surface area contributed by atoms with Crippen LogP contribution >= 0.6 is 11.8 Å². The van der Waals surface area contributed by atoms with Crippen molar-refractivity contribution in [3.05, 3.63) is 77.9 Å². The standard InChI is InChI=1S/C27H32N2O5S2/c1-5-33-26-9-7-6-8-25(26)29(36(31,32)24-12-10-23(35-4)11-13-24)19-27(30)28-14-15-34-22-17-20(2)16-21(3)18-22/h6-13,16-18H,5,14-15,19H2,1-4H3,(H,28,30). The zero-order chi connectivity index (χ0) is 26.1. The van der Waals surface area contributed by atoms with Crippen LogP contribution in [-0.2, 0) is 14.8 Å². The topological polar surface area (TPSA) is 84.9 Å². The van der Waals surface area contributed by atoms with E-state index in [4.69, 9.17) is 9.47 Å². The third kappa shape index (κ3) is 7.18. The van der Waals surface area contributed by atoms with Crippen molar-refractivity contribution in [1.29, 1.82) is 0 Å². The fraction of sp³-hybridized carbons (Fsp3) is 0.296. The molecule has 0 fully saturated rings. The van der Waals surface area contributed by atoms with Crippen molar-refractivity contribution in [1.82, 2.24) is 5.32 Å². The van der Waals surface area contributed by atoms with E-state index in [9.17, 15) is 13.2 Å². The highest BCUT2D eigenvalue weighted by Crippen LogP contribution is 2.32. The number of rotatable bonds is 12. The van der Waals surface area contributed by atoms with Crippen LogP contribution in [0.15, 0.2) is 76.5 Å². The summed E-state index contributed by atoms with van der Waals surface area (Å²) in [6, 6.07) is 19.3. The smallest absolute Gasteiger partial charge is 0.264 e. The van der Waals surface area contributed by atoms with Crippen molar-refractivity contribution in [2.75, 3.05) is 36.9 Å². The van der Waals surface area contributed by atoms with E-state index in [0.717, 1.165) is 26.1 Å². The van der Waals surface area contributed by atoms with Gasteiger partial charge >= 0.3 is 0 Å². The van der Waals surface area contributed by atoms with Crippen LogP contribution in [0.1, 0.15) is 18.1 Å². The molecule has 0 radical (unpaired) electrons. The molecule has 3 aromatic carbocycles. The molecular formula is C27H32N2O5S2. The minimum absolute atomic E-state index is 0.0950. The number of para-hydroxylation sites is 2. The molecule has 7 nitrogen and oxygen atoms in total. The summed E-state index contributed by atoms with van der Waals surface area (Å²) in [4.78, 5) is 13.9. The lowest BCUT2D eigenvalue weighted by molar-refractivity contribution is -0.119. The Balaban J connectivity index is 1.77. The van der Waals surface area contributed by atoms with Crippen molar-refractivity contribution in [3.63, 3.8) is 0 Å². The molecule has 192 valence electrons. The molecule has 0 aromatic heterocycles. The monoisotopic (exact) mass is 528 g/mol. The minimum atomic E-state index is -4.05. The first-order valence-electron chi connectivity index (χ1n) is 11.6. The maximum Gasteiger partial charge on any atom is 0.264 e. The minimum Gasteiger partial charge on any atom is -0.492 e. The number of aryl methyl sites for hydroxylation is 2. The van der Waals surface area contributed by atoms with Gasteiger partial charge in [0, 0.05) is 4.90 Å². The molecule has 0 saturated carbocycles. The number of benzene rings is 3. The third-order valence-corrected chi connectivity index (χ3v) is 7.77. The number of carbonyl (C=O) groups is 1. The number of sulfonamides is 1. The molecule has 0 heterocycles. The lowest BCUT2D eigenvalue weighted by Gasteiger charge is -2.26. The number of anilines is 1. The summed E-state index contributed by atoms with van der Waals surface area (Å²) in [5.41, 5.74) is 2.48. The van der Waals surface area contributed by atoms with Gasteiger partial charge in [-0.2, -0.15) is 0 Å². The van der Waals surface area contributed by atoms with Crippen molar-refractivity contribution < 1.29 is 22.7 Å². The molecule has 0 spiro atoms. The highest BCUT2D eigenvalue weighted by atomic mass is 32.2. The Hall–Kier alpha value is -3.17. The summed E-state index contributed by atoms with van der Waals surface area (Å²) < 4.78 is 39.8. The molecule has 0 atom stereocenters. The third-order valence-electron chi connectivity index (χ3n) is 5.26. The van der Waals surface area contributed by atoms with Crippen LogP contribution in [0, 0.1) is 13.8 Å². The molecule has 9 heteroatoms. The van der Waals surface area contributed by atoms with Gasteiger partial charge in [-0.05, 0) is 86.7 Å². The SMILES string of the molecule is CCOc1ccccc1N(CC(=O)NCCOc1cc(C)cc(C)c1)S(=O)(=O)c1ccc(SC)cc1. The van der Waals surface area contributed by atoms with Crippen molar-refractivity contribution in [2.24, 2.45) is 0 Å². The molecule has 0 aliphatic carbocycles. The van der Waals surface area contributed by atoms with Crippen LogP contribution in [0.5, 0.6) is 11.5 Å². The fourth-order valence-corrected chi connectivity index (χ4v) is 5.52. The van der Waals surface area contributed by atoms with Gasteiger partial charge in [0.05, 0.1) is 23.7 Å². The van der Waals surface area contributed by atoms with Gasteiger partial charge in [0.1, 0.15) is 24.7 Å². The van der Waals surface area contributed by atoms with E-state index in [2.05, 4.69) is 11.4 Å². The van der Waals surface area contributed by atoms with Gasteiger partial charge in [0.15, 0.2) is 0 Å². The second-order valence-electron chi connectivity index (χ2n) is 8.11. The van der Waals surface area contributed by atoms with E-state index in [0.29, 0.717) is 18.0 Å². The van der Waals surface area contributed by atoms with E-state index in [1.807, 2.05) is 39.2 Å². The normalized spacial score (nSPS) is 11.1. The predicted octanol–water partition coefficient (Wildman–Crippen LogP) is 4.81. The second kappa shape index (κ2) is 12.7. The maximum atomic E-state index is 13.7. The largest absolute Gasteiger partial charge is 0.492 e. The quantitative estimate of drug-likeness (QED) is 0.268. The Labute approximate surface area is 217 Å². The lowest BCUT2D eigenvalue weighted by atomic mass is 10.1. The van der Waals surface area contributed by atoms with E-state index in [-0.39, 0.29) is 18.0 Å². The summed E-state index contributed by atoms with van der Waals surface area (Å²) in [5, 5.41) is 2.76. The first-order chi connectivity index (χ1) is 17.2. The molecule has 3 aromatic rings. The van der Waals surface area contributed by atoms with Crippen molar-refractivity contribution in [3.8, 4) is 11.5 Å². The number of nitrogens with zero attached hydrogens (tertiary/aromatic N) is 1. The van der Waals surface area contributed by atoms with Gasteiger partial charge in [-0.1, -0.05) is 18.2 Å². The molecular weight excluding hydrogens is 496 g/mol. The molecule has 0 aliphatic rings. The van der Waals surface area contributed by atoms with Crippen LogP contribution in [0.4, 0.5) is 5.69 Å². The highest BCUT2D eigenvalue weighted by Gasteiger charge is 2.29. The summed E-state index contributed by atoms with van der Waals surface area (Å²) in [7, 11) is -4.05. The molecule has 36 heavy (non-hydrogen) atoms. The number of hydrogen-bond acceptors (Lipinski definition) is 6. The molecule has 0 saturated heterocycles. The molecule has 0 unspecified atom stereocenters. The summed E-state index contributed by atoms with van der Waals surface area (Å²) >= 11 is 1.52. The Morgan fingerprint density at radius 3 is 2.28 bits per heavy atom. The van der Waals surface area contributed by atoms with E-state index < -0.39 is 22.5 Å². The molecule has 1 amide bonds. The maximum absolute atomic E-state index is 13.7. The summed E-state index contributed by atoms with van der Waals surface area (Å²) in [6.45, 7) is 6.24. The van der Waals surface area contributed by atoms with E-state index in [1.54, 1.807) is 48.5 Å². The number of carbonyl (C=O) groups excluding carboxylic acids is 1. The zero-order valence-electron chi connectivity index (χ0n) is 21.0. The van der Waals surface area contributed by atoms with Gasteiger partial charge in [0.25, 0.3) is 10.0 Å². The average molecular weight is 529 g/mol. The predicted molar refractivity (Wildman–Crippen MR) is 145 cm³/mol. The zero-order valence-corrected chi connectivity index (χ0v) is 22.6. The number of thioether (sulfide) groups is 1. The number of amides is 1. The highest BCUT2D eigenvalue weighted by molar-refractivity contribution is 7.98. The summed E-state index contributed by atoms with van der Waals surface area (Å²) in [6.07, 6.45) is 1.92. The van der Waals surface area contributed by atoms with Crippen LogP contribution in [0.2, 0.25) is 0 Å². The molecule has 0 aliphatic heterocycles. The fourth-order valence-electron chi connectivity index (χ4n) is 3.68. The Bertz CT molecular complexity index is 1260. The van der Waals surface area contributed by atoms with E-state index >= 15 is 0 Å². The molecule has 3 rings (SSSR count). The second-order valence-corrected chi connectivity index (χ2v) is 10.9. The van der Waals surface area contributed by atoms with Crippen LogP contribution in [0.3, 0.4) is 0 Å². The van der Waals surface area contributed by atoms with Crippen LogP contribution in [-0.4, -0.2) is 46.9 Å². The van der Waals surface area contributed by atoms with Gasteiger partial charge < -0.3 is 14.8 Å². The van der Waals surface area contributed by atoms with E-state index in [1.165, 1.54) is 11.8 Å². The lowest BCUT2D eigenvalue weighted by Crippen LogP contribution is -2.42. The van der Waals surface area contributed by atoms with Crippen LogP contribution in [0.25, 0.3) is 0 Å². The van der Waals surface area contributed by atoms with Gasteiger partial charge in [-0.3, -0.25) is 9.10 Å². The number of hydrogen-bond donors (Lipinski definition) is 1. The molecule has 0 bridgehead atoms. The van der Waals surface area contributed by atoms with Gasteiger partial charge in [0.2, 0.25) is 5.91 Å². The number of nitrogens with one attached hydrogen (secondary N) is 1. The number of ether oxygens (including phenoxy) is 2. The molecule has 1 N–H and O–H groups in total. The van der Waals surface area contributed by atoms with Crippen LogP contribution < -0.4 is 19.1 Å².